The summed E-state index contributed by atoms with van der Waals surface area (Å²) in [7, 11) is 0. The molecule has 7 aliphatic rings. The Bertz CT molecular complexity index is 839. The van der Waals surface area contributed by atoms with Gasteiger partial charge >= 0.3 is 0 Å². The summed E-state index contributed by atoms with van der Waals surface area (Å²) in [5.74, 6) is 0.101. The Balaban J connectivity index is 1.66. The fourth-order valence-corrected chi connectivity index (χ4v) is 8.63. The third-order valence-corrected chi connectivity index (χ3v) is 8.93. The standard InChI is InChI=1S/C20H22N2O2/c23-15-13-10-22-9-3-6-17-7-8-19(18(15,24)11-17)20(13,16(17)22)12-4-1-2-5-14(12)21-19/h1-2,4-5,13,16,21,24H,3,6-11H2/t13-,16+,17-,18-,19-,20+/m1/s1. The molecule has 4 bridgehead atoms. The molecule has 4 heteroatoms. The topological polar surface area (TPSA) is 52.6 Å². The molecule has 1 aromatic rings. The average molecular weight is 322 g/mol. The van der Waals surface area contributed by atoms with Gasteiger partial charge in [0.25, 0.3) is 0 Å². The number of para-hydroxylation sites is 1. The van der Waals surface area contributed by atoms with E-state index in [9.17, 15) is 9.90 Å². The van der Waals surface area contributed by atoms with Crippen molar-refractivity contribution >= 4 is 11.5 Å². The normalized spacial score (nSPS) is 55.5. The van der Waals surface area contributed by atoms with Crippen LogP contribution in [0.5, 0.6) is 0 Å². The first-order valence-electron chi connectivity index (χ1n) is 9.48. The van der Waals surface area contributed by atoms with Gasteiger partial charge in [0.15, 0.2) is 5.78 Å². The molecule has 3 aliphatic heterocycles. The number of Topliss-reactive ketones (excluding diaryl/α,β-unsaturated/α-hetero) is 1. The fourth-order valence-electron chi connectivity index (χ4n) is 8.63. The number of benzene rings is 1. The maximum Gasteiger partial charge on any atom is 0.172 e. The number of aliphatic hydroxyl groups is 1. The van der Waals surface area contributed by atoms with Crippen LogP contribution in [-0.2, 0) is 10.2 Å². The summed E-state index contributed by atoms with van der Waals surface area (Å²) in [6.07, 6.45) is 5.16. The van der Waals surface area contributed by atoms with Crippen molar-refractivity contribution in [2.75, 3.05) is 18.4 Å². The fraction of sp³-hybridized carbons (Fsp3) is 0.650. The van der Waals surface area contributed by atoms with Gasteiger partial charge in [-0.1, -0.05) is 18.2 Å². The molecule has 24 heavy (non-hydrogen) atoms. The molecule has 4 saturated carbocycles. The molecule has 1 aromatic carbocycles. The summed E-state index contributed by atoms with van der Waals surface area (Å²) in [5, 5.41) is 15.6. The van der Waals surface area contributed by atoms with Gasteiger partial charge in [-0.15, -0.1) is 0 Å². The molecular weight excluding hydrogens is 300 g/mol. The van der Waals surface area contributed by atoms with Crippen molar-refractivity contribution in [1.29, 1.82) is 0 Å². The summed E-state index contributed by atoms with van der Waals surface area (Å²) in [5.41, 5.74) is 0.774. The number of hydrogen-bond acceptors (Lipinski definition) is 4. The lowest BCUT2D eigenvalue weighted by atomic mass is 9.40. The van der Waals surface area contributed by atoms with Gasteiger partial charge < -0.3 is 10.4 Å². The van der Waals surface area contributed by atoms with Crippen molar-refractivity contribution in [2.24, 2.45) is 11.3 Å². The van der Waals surface area contributed by atoms with Gasteiger partial charge in [0.05, 0.1) is 11.0 Å². The van der Waals surface area contributed by atoms with Gasteiger partial charge in [-0.05, 0) is 55.7 Å². The Kier molecular flexibility index (Phi) is 1.78. The summed E-state index contributed by atoms with van der Waals surface area (Å²) in [6.45, 7) is 1.97. The van der Waals surface area contributed by atoms with Crippen molar-refractivity contribution in [3.8, 4) is 0 Å². The SMILES string of the molecule is O=C1[C@H]2CN3CCC[C@]45CC[C@@]6(Nc7ccccc7[C@@]26[C@@H]34)[C@@]1(O)C5. The van der Waals surface area contributed by atoms with E-state index in [1.807, 2.05) is 0 Å². The molecule has 4 aliphatic carbocycles. The van der Waals surface area contributed by atoms with E-state index < -0.39 is 11.1 Å². The number of piperidine rings is 1. The molecule has 3 spiro atoms. The Morgan fingerprint density at radius 2 is 2.08 bits per heavy atom. The largest absolute Gasteiger partial charge is 0.380 e. The molecule has 2 saturated heterocycles. The summed E-state index contributed by atoms with van der Waals surface area (Å²) in [4.78, 5) is 16.1. The predicted molar refractivity (Wildman–Crippen MR) is 88.8 cm³/mol. The molecule has 0 aromatic heterocycles. The van der Waals surface area contributed by atoms with Gasteiger partial charge in [-0.25, -0.2) is 0 Å². The van der Waals surface area contributed by atoms with Crippen LogP contribution in [0.3, 0.4) is 0 Å². The lowest BCUT2D eigenvalue weighted by molar-refractivity contribution is -0.189. The van der Waals surface area contributed by atoms with Crippen molar-refractivity contribution in [1.82, 2.24) is 4.90 Å². The molecule has 6 fully saturated rings. The average Bonchev–Trinajstić information content (AvgIpc) is 3.13. The van der Waals surface area contributed by atoms with Crippen LogP contribution in [0.25, 0.3) is 0 Å². The van der Waals surface area contributed by atoms with Crippen LogP contribution in [0, 0.1) is 11.3 Å². The van der Waals surface area contributed by atoms with Gasteiger partial charge in [0.2, 0.25) is 0 Å². The Labute approximate surface area is 141 Å². The molecule has 6 atom stereocenters. The van der Waals surface area contributed by atoms with E-state index in [1.54, 1.807) is 0 Å². The summed E-state index contributed by atoms with van der Waals surface area (Å²) < 4.78 is 0. The second kappa shape index (κ2) is 3.32. The molecule has 4 nitrogen and oxygen atoms in total. The molecular formula is C20H22N2O2. The van der Waals surface area contributed by atoms with E-state index in [4.69, 9.17) is 0 Å². The van der Waals surface area contributed by atoms with Crippen LogP contribution in [0.4, 0.5) is 5.69 Å². The second-order valence-electron chi connectivity index (χ2n) is 9.26. The number of carbonyl (C=O) groups excluding carboxylic acids is 1. The number of hydrogen-bond donors (Lipinski definition) is 2. The Hall–Kier alpha value is -1.39. The summed E-state index contributed by atoms with van der Waals surface area (Å²) >= 11 is 0. The van der Waals surface area contributed by atoms with E-state index in [-0.39, 0.29) is 22.5 Å². The number of nitrogens with one attached hydrogen (secondary N) is 1. The van der Waals surface area contributed by atoms with Gasteiger partial charge in [0.1, 0.15) is 5.60 Å². The van der Waals surface area contributed by atoms with Gasteiger partial charge in [-0.2, -0.15) is 0 Å². The third-order valence-electron chi connectivity index (χ3n) is 8.93. The van der Waals surface area contributed by atoms with Crippen LogP contribution in [0.1, 0.15) is 37.7 Å². The Morgan fingerprint density at radius 3 is 3.00 bits per heavy atom. The number of rotatable bonds is 0. The maximum absolute atomic E-state index is 13.5. The van der Waals surface area contributed by atoms with E-state index in [2.05, 4.69) is 34.5 Å². The lowest BCUT2D eigenvalue weighted by Gasteiger charge is -2.68. The quantitative estimate of drug-likeness (QED) is 0.763. The van der Waals surface area contributed by atoms with Crippen molar-refractivity contribution in [2.45, 2.75) is 54.7 Å². The zero-order valence-corrected chi connectivity index (χ0v) is 13.7. The number of ketones is 1. The van der Waals surface area contributed by atoms with Gasteiger partial charge in [-0.3, -0.25) is 9.69 Å². The second-order valence-corrected chi connectivity index (χ2v) is 9.26. The minimum absolute atomic E-state index is 0.0380. The van der Waals surface area contributed by atoms with Gasteiger partial charge in [0, 0.05) is 24.2 Å². The van der Waals surface area contributed by atoms with Crippen LogP contribution in [0.15, 0.2) is 24.3 Å². The predicted octanol–water partition coefficient (Wildman–Crippen LogP) is 1.68. The molecule has 0 radical (unpaired) electrons. The van der Waals surface area contributed by atoms with E-state index in [1.165, 1.54) is 24.1 Å². The number of anilines is 1. The van der Waals surface area contributed by atoms with E-state index in [0.29, 0.717) is 12.5 Å². The van der Waals surface area contributed by atoms with Crippen molar-refractivity contribution in [3.63, 3.8) is 0 Å². The third kappa shape index (κ3) is 0.885. The molecule has 0 unspecified atom stereocenters. The van der Waals surface area contributed by atoms with Crippen LogP contribution in [0.2, 0.25) is 0 Å². The van der Waals surface area contributed by atoms with Crippen LogP contribution in [-0.4, -0.2) is 46.1 Å². The molecule has 8 rings (SSSR count). The number of nitrogens with zero attached hydrogens (tertiary/aromatic N) is 1. The monoisotopic (exact) mass is 322 g/mol. The van der Waals surface area contributed by atoms with Crippen molar-refractivity contribution < 1.29 is 9.90 Å². The highest BCUT2D eigenvalue weighted by atomic mass is 16.3. The molecule has 2 N–H and O–H groups in total. The van der Waals surface area contributed by atoms with Crippen LogP contribution >= 0.6 is 0 Å². The Morgan fingerprint density at radius 1 is 1.21 bits per heavy atom. The minimum Gasteiger partial charge on any atom is -0.380 e. The molecule has 124 valence electrons. The van der Waals surface area contributed by atoms with E-state index in [0.717, 1.165) is 25.9 Å². The highest BCUT2D eigenvalue weighted by molar-refractivity contribution is 6.02. The van der Waals surface area contributed by atoms with Crippen molar-refractivity contribution in [3.05, 3.63) is 29.8 Å². The lowest BCUT2D eigenvalue weighted by Crippen LogP contribution is -2.80. The number of carbonyl (C=O) groups is 1. The highest BCUT2D eigenvalue weighted by Crippen LogP contribution is 2.80. The zero-order valence-electron chi connectivity index (χ0n) is 13.7. The van der Waals surface area contributed by atoms with Crippen LogP contribution < -0.4 is 5.32 Å². The first kappa shape index (κ1) is 12.9. The zero-order chi connectivity index (χ0) is 15.9. The maximum atomic E-state index is 13.5. The highest BCUT2D eigenvalue weighted by Gasteiger charge is 2.91. The number of fused-ring (bicyclic) bond motifs is 2. The smallest absolute Gasteiger partial charge is 0.172 e. The van der Waals surface area contributed by atoms with E-state index >= 15 is 0 Å². The first-order chi connectivity index (χ1) is 11.6. The minimum atomic E-state index is -1.17. The molecule has 3 heterocycles. The molecule has 0 amide bonds. The summed E-state index contributed by atoms with van der Waals surface area (Å²) in [6, 6.07) is 9.00. The first-order valence-corrected chi connectivity index (χ1v) is 9.48.